The fourth-order valence-corrected chi connectivity index (χ4v) is 1.14. The number of phosphoric ester groups is 1. The van der Waals surface area contributed by atoms with Crippen LogP contribution in [0.2, 0.25) is 0 Å². The van der Waals surface area contributed by atoms with Gasteiger partial charge >= 0.3 is 7.82 Å². The van der Waals surface area contributed by atoms with Crippen LogP contribution < -0.4 is 0 Å². The molecule has 0 aromatic carbocycles. The van der Waals surface area contributed by atoms with E-state index in [1.807, 2.05) is 0 Å². The number of rotatable bonds is 4. The van der Waals surface area contributed by atoms with E-state index in [-0.39, 0.29) is 6.61 Å². The maximum Gasteiger partial charge on any atom is 0.469 e. The van der Waals surface area contributed by atoms with Crippen molar-refractivity contribution in [3.8, 4) is 0 Å². The van der Waals surface area contributed by atoms with Gasteiger partial charge in [0.1, 0.15) is 0 Å². The zero-order valence-electron chi connectivity index (χ0n) is 6.83. The topological polar surface area (TPSA) is 79.7 Å². The highest BCUT2D eigenvalue weighted by atomic mass is 31.2. The summed E-state index contributed by atoms with van der Waals surface area (Å²) in [5, 5.41) is 0. The van der Waals surface area contributed by atoms with Crippen LogP contribution >= 0.6 is 7.82 Å². The summed E-state index contributed by atoms with van der Waals surface area (Å²) in [5.74, 6) is 0. The van der Waals surface area contributed by atoms with Crippen molar-refractivity contribution in [2.45, 2.75) is 6.42 Å². The van der Waals surface area contributed by atoms with Gasteiger partial charge in [0.2, 0.25) is 0 Å². The number of hydrogen-bond donors (Lipinski definition) is 2. The third-order valence-electron chi connectivity index (χ3n) is 1.34. The fraction of sp³-hybridized carbons (Fsp3) is 0.286. The van der Waals surface area contributed by atoms with Gasteiger partial charge in [0.25, 0.3) is 0 Å². The Bertz CT molecular complexity index is 297. The molecule has 0 spiro atoms. The molecule has 0 bridgehead atoms. The molecule has 0 amide bonds. The van der Waals surface area contributed by atoms with Crippen LogP contribution in [0.5, 0.6) is 0 Å². The molecular formula is C7H10NO4P. The third kappa shape index (κ3) is 4.75. The normalized spacial score (nSPS) is 11.5. The van der Waals surface area contributed by atoms with Gasteiger partial charge in [0.05, 0.1) is 6.61 Å². The van der Waals surface area contributed by atoms with Crippen molar-refractivity contribution in [1.82, 2.24) is 4.98 Å². The van der Waals surface area contributed by atoms with Gasteiger partial charge in [0.15, 0.2) is 0 Å². The van der Waals surface area contributed by atoms with Crippen LogP contribution in [0.15, 0.2) is 24.4 Å². The van der Waals surface area contributed by atoms with Gasteiger partial charge in [-0.2, -0.15) is 0 Å². The number of hydrogen-bond acceptors (Lipinski definition) is 3. The van der Waals surface area contributed by atoms with Crippen LogP contribution in [0.3, 0.4) is 0 Å². The Kier molecular flexibility index (Phi) is 3.57. The van der Waals surface area contributed by atoms with Crippen molar-refractivity contribution in [3.05, 3.63) is 30.1 Å². The molecule has 13 heavy (non-hydrogen) atoms. The van der Waals surface area contributed by atoms with E-state index < -0.39 is 7.82 Å². The van der Waals surface area contributed by atoms with Crippen LogP contribution in [0.4, 0.5) is 0 Å². The van der Waals surface area contributed by atoms with Crippen LogP contribution in [-0.4, -0.2) is 21.4 Å². The molecule has 0 saturated heterocycles. The molecule has 1 rings (SSSR count). The van der Waals surface area contributed by atoms with E-state index in [2.05, 4.69) is 9.51 Å². The SMILES string of the molecule is O=P(O)(O)OCCc1ccccn1. The molecule has 0 atom stereocenters. The minimum Gasteiger partial charge on any atom is -0.303 e. The van der Waals surface area contributed by atoms with Gasteiger partial charge in [-0.3, -0.25) is 9.51 Å². The van der Waals surface area contributed by atoms with E-state index in [0.717, 1.165) is 5.69 Å². The molecule has 0 unspecified atom stereocenters. The van der Waals surface area contributed by atoms with E-state index >= 15 is 0 Å². The lowest BCUT2D eigenvalue weighted by Crippen LogP contribution is -1.98. The van der Waals surface area contributed by atoms with Gasteiger partial charge in [-0.25, -0.2) is 4.57 Å². The Hall–Kier alpha value is -0.740. The highest BCUT2D eigenvalue weighted by Gasteiger charge is 2.12. The Morgan fingerprint density at radius 3 is 2.77 bits per heavy atom. The van der Waals surface area contributed by atoms with E-state index in [0.29, 0.717) is 6.42 Å². The first-order valence-electron chi connectivity index (χ1n) is 3.68. The summed E-state index contributed by atoms with van der Waals surface area (Å²) in [5.41, 5.74) is 0.746. The van der Waals surface area contributed by atoms with Gasteiger partial charge in [-0.1, -0.05) is 6.07 Å². The van der Waals surface area contributed by atoms with E-state index in [1.54, 1.807) is 24.4 Å². The molecule has 6 heteroatoms. The largest absolute Gasteiger partial charge is 0.469 e. The first-order valence-corrected chi connectivity index (χ1v) is 5.21. The van der Waals surface area contributed by atoms with Crippen LogP contribution in [0.25, 0.3) is 0 Å². The summed E-state index contributed by atoms with van der Waals surface area (Å²) >= 11 is 0. The van der Waals surface area contributed by atoms with Crippen molar-refractivity contribution >= 4 is 7.82 Å². The summed E-state index contributed by atoms with van der Waals surface area (Å²) in [6.45, 7) is -0.0265. The molecule has 0 fully saturated rings. The molecule has 0 radical (unpaired) electrons. The lowest BCUT2D eigenvalue weighted by Gasteiger charge is -2.03. The van der Waals surface area contributed by atoms with Crippen LogP contribution in [-0.2, 0) is 15.5 Å². The van der Waals surface area contributed by atoms with Crippen molar-refractivity contribution in [3.63, 3.8) is 0 Å². The number of nitrogens with zero attached hydrogens (tertiary/aromatic N) is 1. The van der Waals surface area contributed by atoms with Crippen molar-refractivity contribution in [2.24, 2.45) is 0 Å². The average molecular weight is 203 g/mol. The van der Waals surface area contributed by atoms with Crippen molar-refractivity contribution in [1.29, 1.82) is 0 Å². The number of phosphoric acid groups is 1. The van der Waals surface area contributed by atoms with E-state index in [9.17, 15) is 4.57 Å². The molecule has 2 N–H and O–H groups in total. The molecule has 0 saturated carbocycles. The van der Waals surface area contributed by atoms with Crippen LogP contribution in [0.1, 0.15) is 5.69 Å². The second-order valence-electron chi connectivity index (χ2n) is 2.39. The summed E-state index contributed by atoms with van der Waals surface area (Å²) in [7, 11) is -4.33. The summed E-state index contributed by atoms with van der Waals surface area (Å²) < 4.78 is 14.5. The monoisotopic (exact) mass is 203 g/mol. The third-order valence-corrected chi connectivity index (χ3v) is 1.86. The predicted molar refractivity (Wildman–Crippen MR) is 45.9 cm³/mol. The highest BCUT2D eigenvalue weighted by Crippen LogP contribution is 2.35. The zero-order chi connectivity index (χ0) is 9.73. The molecule has 1 aromatic rings. The maximum atomic E-state index is 10.3. The zero-order valence-corrected chi connectivity index (χ0v) is 7.72. The summed E-state index contributed by atoms with van der Waals surface area (Å²) in [6, 6.07) is 5.34. The molecule has 5 nitrogen and oxygen atoms in total. The average Bonchev–Trinajstić information content (AvgIpc) is 2.04. The van der Waals surface area contributed by atoms with Crippen LogP contribution in [0, 0.1) is 0 Å². The quantitative estimate of drug-likeness (QED) is 0.705. The molecule has 0 aliphatic carbocycles. The van der Waals surface area contributed by atoms with Gasteiger partial charge in [0, 0.05) is 18.3 Å². The van der Waals surface area contributed by atoms with Crippen molar-refractivity contribution in [2.75, 3.05) is 6.61 Å². The smallest absolute Gasteiger partial charge is 0.303 e. The number of aromatic nitrogens is 1. The van der Waals surface area contributed by atoms with E-state index in [4.69, 9.17) is 9.79 Å². The highest BCUT2D eigenvalue weighted by molar-refractivity contribution is 7.46. The summed E-state index contributed by atoms with van der Waals surface area (Å²) in [4.78, 5) is 20.7. The lowest BCUT2D eigenvalue weighted by atomic mass is 10.3. The molecular weight excluding hydrogens is 193 g/mol. The molecule has 0 aliphatic rings. The second kappa shape index (κ2) is 4.48. The molecule has 72 valence electrons. The van der Waals surface area contributed by atoms with Gasteiger partial charge in [-0.05, 0) is 12.1 Å². The Labute approximate surface area is 75.6 Å². The van der Waals surface area contributed by atoms with Gasteiger partial charge in [-0.15, -0.1) is 0 Å². The minimum absolute atomic E-state index is 0.0265. The minimum atomic E-state index is -4.33. The van der Waals surface area contributed by atoms with Gasteiger partial charge < -0.3 is 9.79 Å². The Balaban J connectivity index is 2.33. The fourth-order valence-electron chi connectivity index (χ4n) is 0.815. The second-order valence-corrected chi connectivity index (χ2v) is 3.63. The lowest BCUT2D eigenvalue weighted by molar-refractivity contribution is 0.199. The standard InChI is InChI=1S/C7H10NO4P/c9-13(10,11)12-6-4-7-3-1-2-5-8-7/h1-3,5H,4,6H2,(H2,9,10,11). The van der Waals surface area contributed by atoms with Crippen molar-refractivity contribution < 1.29 is 18.9 Å². The number of pyridine rings is 1. The Morgan fingerprint density at radius 1 is 1.46 bits per heavy atom. The molecule has 1 heterocycles. The molecule has 1 aromatic heterocycles. The first kappa shape index (κ1) is 10.3. The van der Waals surface area contributed by atoms with E-state index in [1.165, 1.54) is 0 Å². The Morgan fingerprint density at radius 2 is 2.23 bits per heavy atom. The maximum absolute atomic E-state index is 10.3. The summed E-state index contributed by atoms with van der Waals surface area (Å²) in [6.07, 6.45) is 2.01. The first-order chi connectivity index (χ1) is 6.08. The predicted octanol–water partition coefficient (Wildman–Crippen LogP) is 0.733. The molecule has 0 aliphatic heterocycles.